The first-order valence-corrected chi connectivity index (χ1v) is 4.88. The Labute approximate surface area is 83.6 Å². The highest BCUT2D eigenvalue weighted by molar-refractivity contribution is 5.66. The highest BCUT2D eigenvalue weighted by Gasteiger charge is 2.05. The third kappa shape index (κ3) is 2.87. The second-order valence-electron chi connectivity index (χ2n) is 3.39. The zero-order valence-corrected chi connectivity index (χ0v) is 8.66. The van der Waals surface area contributed by atoms with Crippen LogP contribution in [0.1, 0.15) is 31.3 Å². The van der Waals surface area contributed by atoms with Crippen molar-refractivity contribution >= 4 is 5.97 Å². The molecular formula is C10H16N2O2. The molecule has 1 aromatic rings. The number of rotatable bonds is 5. The second-order valence-corrected chi connectivity index (χ2v) is 3.39. The molecule has 0 fully saturated rings. The molecule has 0 bridgehead atoms. The van der Waals surface area contributed by atoms with Gasteiger partial charge in [0.25, 0.3) is 0 Å². The minimum atomic E-state index is -0.765. The van der Waals surface area contributed by atoms with Crippen molar-refractivity contribution in [1.82, 2.24) is 9.55 Å². The number of carboxylic acids is 1. The molecule has 0 aliphatic rings. The fourth-order valence-electron chi connectivity index (χ4n) is 1.43. The molecule has 78 valence electrons. The van der Waals surface area contributed by atoms with E-state index in [0.717, 1.165) is 24.4 Å². The lowest BCUT2D eigenvalue weighted by Gasteiger charge is -2.04. The van der Waals surface area contributed by atoms with E-state index in [1.807, 2.05) is 17.7 Å². The number of aliphatic carboxylic acids is 1. The van der Waals surface area contributed by atoms with E-state index in [0.29, 0.717) is 6.54 Å². The monoisotopic (exact) mass is 196 g/mol. The smallest absolute Gasteiger partial charge is 0.305 e. The molecule has 0 atom stereocenters. The summed E-state index contributed by atoms with van der Waals surface area (Å²) in [6.45, 7) is 4.54. The van der Waals surface area contributed by atoms with E-state index in [4.69, 9.17) is 5.11 Å². The summed E-state index contributed by atoms with van der Waals surface area (Å²) < 4.78 is 1.94. The van der Waals surface area contributed by atoms with Gasteiger partial charge in [0.05, 0.1) is 12.1 Å². The predicted molar refractivity (Wildman–Crippen MR) is 53.2 cm³/mol. The maximum Gasteiger partial charge on any atom is 0.305 e. The summed E-state index contributed by atoms with van der Waals surface area (Å²) >= 11 is 0. The molecular weight excluding hydrogens is 180 g/mol. The standard InChI is InChI=1S/C10H16N2O2/c1-3-4-9-11-8(2)7-12(9)6-5-10(13)14/h7H,3-6H2,1-2H3,(H,13,14). The van der Waals surface area contributed by atoms with Crippen molar-refractivity contribution in [3.63, 3.8) is 0 Å². The largest absolute Gasteiger partial charge is 0.481 e. The summed E-state index contributed by atoms with van der Waals surface area (Å²) in [5, 5.41) is 8.57. The van der Waals surface area contributed by atoms with Crippen LogP contribution < -0.4 is 0 Å². The first kappa shape index (κ1) is 10.8. The Kier molecular flexibility index (Phi) is 3.68. The average molecular weight is 196 g/mol. The summed E-state index contributed by atoms with van der Waals surface area (Å²) in [5.74, 6) is 0.227. The topological polar surface area (TPSA) is 55.1 Å². The molecule has 0 saturated carbocycles. The third-order valence-electron chi connectivity index (χ3n) is 2.02. The number of aryl methyl sites for hydroxylation is 3. The van der Waals surface area contributed by atoms with E-state index in [-0.39, 0.29) is 6.42 Å². The Morgan fingerprint density at radius 3 is 2.93 bits per heavy atom. The van der Waals surface area contributed by atoms with Crippen LogP contribution in [0.3, 0.4) is 0 Å². The van der Waals surface area contributed by atoms with Crippen molar-refractivity contribution in [1.29, 1.82) is 0 Å². The molecule has 0 spiro atoms. The fourth-order valence-corrected chi connectivity index (χ4v) is 1.43. The van der Waals surface area contributed by atoms with Crippen LogP contribution in [0.25, 0.3) is 0 Å². The van der Waals surface area contributed by atoms with Gasteiger partial charge >= 0.3 is 5.97 Å². The van der Waals surface area contributed by atoms with E-state index in [1.54, 1.807) is 0 Å². The van der Waals surface area contributed by atoms with Crippen LogP contribution in [-0.2, 0) is 17.8 Å². The maximum absolute atomic E-state index is 10.4. The van der Waals surface area contributed by atoms with Crippen molar-refractivity contribution in [2.45, 2.75) is 39.7 Å². The minimum Gasteiger partial charge on any atom is -0.481 e. The third-order valence-corrected chi connectivity index (χ3v) is 2.02. The van der Waals surface area contributed by atoms with Crippen molar-refractivity contribution in [3.05, 3.63) is 17.7 Å². The molecule has 0 radical (unpaired) electrons. The highest BCUT2D eigenvalue weighted by atomic mass is 16.4. The number of imidazole rings is 1. The van der Waals surface area contributed by atoms with Gasteiger partial charge in [0.15, 0.2) is 0 Å². The molecule has 14 heavy (non-hydrogen) atoms. The molecule has 0 saturated heterocycles. The SMILES string of the molecule is CCCc1nc(C)cn1CCC(=O)O. The Bertz CT molecular complexity index is 318. The molecule has 0 amide bonds. The van der Waals surface area contributed by atoms with Crippen molar-refractivity contribution < 1.29 is 9.90 Å². The van der Waals surface area contributed by atoms with Gasteiger partial charge in [-0.05, 0) is 13.3 Å². The number of aromatic nitrogens is 2. The quantitative estimate of drug-likeness (QED) is 0.778. The first-order chi connectivity index (χ1) is 6.63. The minimum absolute atomic E-state index is 0.159. The molecule has 0 unspecified atom stereocenters. The van der Waals surface area contributed by atoms with Gasteiger partial charge in [-0.3, -0.25) is 4.79 Å². The van der Waals surface area contributed by atoms with E-state index in [9.17, 15) is 4.79 Å². The molecule has 0 aliphatic carbocycles. The lowest BCUT2D eigenvalue weighted by atomic mass is 10.3. The van der Waals surface area contributed by atoms with Gasteiger partial charge in [0.2, 0.25) is 0 Å². The molecule has 1 rings (SSSR count). The number of hydrogen-bond donors (Lipinski definition) is 1. The van der Waals surface area contributed by atoms with E-state index < -0.39 is 5.97 Å². The molecule has 4 heteroatoms. The number of hydrogen-bond acceptors (Lipinski definition) is 2. The van der Waals surface area contributed by atoms with Crippen molar-refractivity contribution in [3.8, 4) is 0 Å². The summed E-state index contributed by atoms with van der Waals surface area (Å²) in [4.78, 5) is 14.8. The van der Waals surface area contributed by atoms with Crippen LogP contribution in [0, 0.1) is 6.92 Å². The van der Waals surface area contributed by atoms with Gasteiger partial charge in [-0.25, -0.2) is 4.98 Å². The van der Waals surface area contributed by atoms with Gasteiger partial charge < -0.3 is 9.67 Å². The van der Waals surface area contributed by atoms with Gasteiger partial charge in [0.1, 0.15) is 5.82 Å². The first-order valence-electron chi connectivity index (χ1n) is 4.88. The van der Waals surface area contributed by atoms with Crippen LogP contribution in [0.5, 0.6) is 0 Å². The molecule has 4 nitrogen and oxygen atoms in total. The lowest BCUT2D eigenvalue weighted by Crippen LogP contribution is -2.07. The normalized spacial score (nSPS) is 10.4. The Morgan fingerprint density at radius 1 is 1.64 bits per heavy atom. The summed E-state index contributed by atoms with van der Waals surface area (Å²) in [7, 11) is 0. The summed E-state index contributed by atoms with van der Waals surface area (Å²) in [6.07, 6.45) is 4.01. The zero-order chi connectivity index (χ0) is 10.6. The van der Waals surface area contributed by atoms with Gasteiger partial charge in [0, 0.05) is 19.2 Å². The average Bonchev–Trinajstić information content (AvgIpc) is 2.44. The van der Waals surface area contributed by atoms with Gasteiger partial charge in [-0.1, -0.05) is 6.92 Å². The number of carboxylic acid groups (broad SMARTS) is 1. The Morgan fingerprint density at radius 2 is 2.36 bits per heavy atom. The molecule has 1 heterocycles. The van der Waals surface area contributed by atoms with Crippen molar-refractivity contribution in [2.75, 3.05) is 0 Å². The molecule has 0 aromatic carbocycles. The van der Waals surface area contributed by atoms with E-state index in [1.165, 1.54) is 0 Å². The van der Waals surface area contributed by atoms with Crippen LogP contribution in [-0.4, -0.2) is 20.6 Å². The second kappa shape index (κ2) is 4.79. The number of nitrogens with zero attached hydrogens (tertiary/aromatic N) is 2. The zero-order valence-electron chi connectivity index (χ0n) is 8.66. The molecule has 1 aromatic heterocycles. The van der Waals surface area contributed by atoms with Crippen molar-refractivity contribution in [2.24, 2.45) is 0 Å². The van der Waals surface area contributed by atoms with Crippen LogP contribution in [0.4, 0.5) is 0 Å². The van der Waals surface area contributed by atoms with E-state index >= 15 is 0 Å². The van der Waals surface area contributed by atoms with Crippen LogP contribution in [0.15, 0.2) is 6.20 Å². The number of carbonyl (C=O) groups is 1. The lowest BCUT2D eigenvalue weighted by molar-refractivity contribution is -0.137. The maximum atomic E-state index is 10.4. The highest BCUT2D eigenvalue weighted by Crippen LogP contribution is 2.06. The summed E-state index contributed by atoms with van der Waals surface area (Å²) in [5.41, 5.74) is 0.957. The summed E-state index contributed by atoms with van der Waals surface area (Å²) in [6, 6.07) is 0. The molecule has 0 aliphatic heterocycles. The van der Waals surface area contributed by atoms with Gasteiger partial charge in [-0.15, -0.1) is 0 Å². The Hall–Kier alpha value is -1.32. The predicted octanol–water partition coefficient (Wildman–Crippen LogP) is 1.62. The van der Waals surface area contributed by atoms with Crippen LogP contribution in [0.2, 0.25) is 0 Å². The van der Waals surface area contributed by atoms with Gasteiger partial charge in [-0.2, -0.15) is 0 Å². The fraction of sp³-hybridized carbons (Fsp3) is 0.600. The Balaban J connectivity index is 2.68. The van der Waals surface area contributed by atoms with E-state index in [2.05, 4.69) is 11.9 Å². The van der Waals surface area contributed by atoms with Crippen LogP contribution >= 0.6 is 0 Å². The molecule has 1 N–H and O–H groups in total.